The SMILES string of the molecule is CC(C)(C#N)CCCCOc1ccc2c(c1)CCC2O. The molecule has 3 nitrogen and oxygen atoms in total. The van der Waals surface area contributed by atoms with Gasteiger partial charge in [-0.25, -0.2) is 0 Å². The summed E-state index contributed by atoms with van der Waals surface area (Å²) in [7, 11) is 0. The molecular weight excluding hydrogens is 250 g/mol. The molecule has 0 radical (unpaired) electrons. The van der Waals surface area contributed by atoms with Crippen molar-refractivity contribution in [2.45, 2.75) is 52.1 Å². The molecule has 1 aliphatic carbocycles. The summed E-state index contributed by atoms with van der Waals surface area (Å²) in [5.41, 5.74) is 2.03. The van der Waals surface area contributed by atoms with Gasteiger partial charge >= 0.3 is 0 Å². The number of aryl methyl sites for hydroxylation is 1. The summed E-state index contributed by atoms with van der Waals surface area (Å²) in [5.74, 6) is 0.886. The van der Waals surface area contributed by atoms with Crippen molar-refractivity contribution in [3.8, 4) is 11.8 Å². The minimum absolute atomic E-state index is 0.232. The van der Waals surface area contributed by atoms with E-state index in [0.717, 1.165) is 43.4 Å². The number of hydrogen-bond acceptors (Lipinski definition) is 3. The van der Waals surface area contributed by atoms with Crippen LogP contribution in [0.2, 0.25) is 0 Å². The molecule has 108 valence electrons. The lowest BCUT2D eigenvalue weighted by molar-refractivity contribution is 0.180. The summed E-state index contributed by atoms with van der Waals surface area (Å²) in [5, 5.41) is 18.7. The van der Waals surface area contributed by atoms with Crippen molar-refractivity contribution in [3.63, 3.8) is 0 Å². The van der Waals surface area contributed by atoms with Crippen LogP contribution in [-0.4, -0.2) is 11.7 Å². The summed E-state index contributed by atoms with van der Waals surface area (Å²) < 4.78 is 5.75. The van der Waals surface area contributed by atoms with Crippen LogP contribution in [0.4, 0.5) is 0 Å². The van der Waals surface area contributed by atoms with Crippen LogP contribution < -0.4 is 4.74 Å². The highest BCUT2D eigenvalue weighted by Crippen LogP contribution is 2.33. The number of rotatable bonds is 6. The van der Waals surface area contributed by atoms with E-state index in [1.54, 1.807) is 0 Å². The smallest absolute Gasteiger partial charge is 0.119 e. The van der Waals surface area contributed by atoms with Gasteiger partial charge in [0, 0.05) is 0 Å². The van der Waals surface area contributed by atoms with E-state index in [9.17, 15) is 5.11 Å². The molecule has 0 aromatic heterocycles. The van der Waals surface area contributed by atoms with Gasteiger partial charge in [-0.05, 0) is 69.2 Å². The number of nitriles is 1. The first-order valence-corrected chi connectivity index (χ1v) is 7.37. The van der Waals surface area contributed by atoms with Gasteiger partial charge < -0.3 is 9.84 Å². The monoisotopic (exact) mass is 273 g/mol. The Hall–Kier alpha value is -1.53. The molecule has 0 fully saturated rings. The summed E-state index contributed by atoms with van der Waals surface area (Å²) >= 11 is 0. The first kappa shape index (κ1) is 14.9. The predicted molar refractivity (Wildman–Crippen MR) is 78.5 cm³/mol. The summed E-state index contributed by atoms with van der Waals surface area (Å²) in [4.78, 5) is 0. The summed E-state index contributed by atoms with van der Waals surface area (Å²) in [6, 6.07) is 8.27. The van der Waals surface area contributed by atoms with E-state index in [0.29, 0.717) is 6.61 Å². The Morgan fingerprint density at radius 3 is 2.95 bits per heavy atom. The number of ether oxygens (including phenoxy) is 1. The first-order chi connectivity index (χ1) is 9.52. The highest BCUT2D eigenvalue weighted by molar-refractivity contribution is 5.39. The van der Waals surface area contributed by atoms with Gasteiger partial charge in [0.2, 0.25) is 0 Å². The second-order valence-electron chi connectivity index (χ2n) is 6.22. The molecule has 0 bridgehead atoms. The van der Waals surface area contributed by atoms with Gasteiger partial charge in [-0.15, -0.1) is 0 Å². The van der Waals surface area contributed by atoms with Crippen LogP contribution in [0, 0.1) is 16.7 Å². The summed E-state index contributed by atoms with van der Waals surface area (Å²) in [6.07, 6.45) is 4.33. The lowest BCUT2D eigenvalue weighted by atomic mass is 9.89. The van der Waals surface area contributed by atoms with Crippen LogP contribution >= 0.6 is 0 Å². The van der Waals surface area contributed by atoms with Crippen LogP contribution in [0.15, 0.2) is 18.2 Å². The fraction of sp³-hybridized carbons (Fsp3) is 0.588. The average Bonchev–Trinajstić information content (AvgIpc) is 2.79. The molecule has 0 aliphatic heterocycles. The van der Waals surface area contributed by atoms with E-state index in [1.807, 2.05) is 32.0 Å². The predicted octanol–water partition coefficient (Wildman–Crippen LogP) is 3.77. The number of fused-ring (bicyclic) bond motifs is 1. The van der Waals surface area contributed by atoms with E-state index in [4.69, 9.17) is 10.00 Å². The molecule has 2 rings (SSSR count). The Morgan fingerprint density at radius 1 is 1.40 bits per heavy atom. The third kappa shape index (κ3) is 3.74. The highest BCUT2D eigenvalue weighted by atomic mass is 16.5. The molecule has 0 saturated carbocycles. The fourth-order valence-corrected chi connectivity index (χ4v) is 2.58. The fourth-order valence-electron chi connectivity index (χ4n) is 2.58. The lowest BCUT2D eigenvalue weighted by Crippen LogP contribution is -2.08. The van der Waals surface area contributed by atoms with E-state index in [2.05, 4.69) is 6.07 Å². The normalized spacial score (nSPS) is 17.6. The van der Waals surface area contributed by atoms with Crippen molar-refractivity contribution in [2.75, 3.05) is 6.61 Å². The molecule has 1 aliphatic rings. The van der Waals surface area contributed by atoms with Crippen LogP contribution in [0.3, 0.4) is 0 Å². The zero-order valence-electron chi connectivity index (χ0n) is 12.4. The third-order valence-electron chi connectivity index (χ3n) is 3.93. The van der Waals surface area contributed by atoms with Crippen LogP contribution in [0.1, 0.15) is 56.8 Å². The quantitative estimate of drug-likeness (QED) is 0.803. The van der Waals surface area contributed by atoms with Crippen molar-refractivity contribution in [1.29, 1.82) is 5.26 Å². The topological polar surface area (TPSA) is 53.2 Å². The highest BCUT2D eigenvalue weighted by Gasteiger charge is 2.20. The molecular formula is C17H23NO2. The first-order valence-electron chi connectivity index (χ1n) is 7.37. The van der Waals surface area contributed by atoms with E-state index in [1.165, 1.54) is 5.56 Å². The Bertz CT molecular complexity index is 502. The molecule has 1 aromatic carbocycles. The Kier molecular flexibility index (Phi) is 4.67. The Balaban J connectivity index is 1.74. The number of aliphatic hydroxyl groups is 1. The van der Waals surface area contributed by atoms with Crippen LogP contribution in [0.25, 0.3) is 0 Å². The van der Waals surface area contributed by atoms with Crippen LogP contribution in [0.5, 0.6) is 5.75 Å². The minimum atomic E-state index is -0.299. The number of hydrogen-bond donors (Lipinski definition) is 1. The Morgan fingerprint density at radius 2 is 2.20 bits per heavy atom. The van der Waals surface area contributed by atoms with E-state index < -0.39 is 0 Å². The maximum atomic E-state index is 9.75. The molecule has 1 aromatic rings. The van der Waals surface area contributed by atoms with Crippen molar-refractivity contribution in [1.82, 2.24) is 0 Å². The van der Waals surface area contributed by atoms with Gasteiger partial charge in [0.15, 0.2) is 0 Å². The van der Waals surface area contributed by atoms with E-state index in [-0.39, 0.29) is 11.5 Å². The molecule has 20 heavy (non-hydrogen) atoms. The molecule has 1 unspecified atom stereocenters. The third-order valence-corrected chi connectivity index (χ3v) is 3.93. The van der Waals surface area contributed by atoms with Crippen molar-refractivity contribution in [2.24, 2.45) is 5.41 Å². The zero-order valence-corrected chi connectivity index (χ0v) is 12.4. The molecule has 1 atom stereocenters. The van der Waals surface area contributed by atoms with Gasteiger partial charge in [0.25, 0.3) is 0 Å². The maximum Gasteiger partial charge on any atom is 0.119 e. The van der Waals surface area contributed by atoms with Crippen molar-refractivity contribution in [3.05, 3.63) is 29.3 Å². The van der Waals surface area contributed by atoms with Gasteiger partial charge in [0.1, 0.15) is 5.75 Å². The molecule has 1 N–H and O–H groups in total. The van der Waals surface area contributed by atoms with Gasteiger partial charge in [-0.3, -0.25) is 0 Å². The lowest BCUT2D eigenvalue weighted by Gasteiger charge is -2.14. The number of benzene rings is 1. The average molecular weight is 273 g/mol. The van der Waals surface area contributed by atoms with Gasteiger partial charge in [-0.1, -0.05) is 6.07 Å². The molecule has 3 heteroatoms. The molecule has 0 spiro atoms. The van der Waals surface area contributed by atoms with E-state index >= 15 is 0 Å². The number of nitrogens with zero attached hydrogens (tertiary/aromatic N) is 1. The van der Waals surface area contributed by atoms with Gasteiger partial charge in [-0.2, -0.15) is 5.26 Å². The molecule has 0 amide bonds. The maximum absolute atomic E-state index is 9.75. The van der Waals surface area contributed by atoms with Crippen LogP contribution in [-0.2, 0) is 6.42 Å². The summed E-state index contributed by atoms with van der Waals surface area (Å²) in [6.45, 7) is 4.63. The molecule has 0 saturated heterocycles. The Labute approximate surface area is 121 Å². The second-order valence-corrected chi connectivity index (χ2v) is 6.22. The standard InChI is InChI=1S/C17H23NO2/c1-17(2,12-18)9-3-4-10-20-14-6-7-15-13(11-14)5-8-16(15)19/h6-7,11,16,19H,3-5,8-10H2,1-2H3. The number of unbranched alkanes of at least 4 members (excludes halogenated alkanes) is 1. The van der Waals surface area contributed by atoms with Crippen molar-refractivity contribution >= 4 is 0 Å². The second kappa shape index (κ2) is 6.28. The minimum Gasteiger partial charge on any atom is -0.494 e. The van der Waals surface area contributed by atoms with Crippen molar-refractivity contribution < 1.29 is 9.84 Å². The zero-order chi connectivity index (χ0) is 14.6. The largest absolute Gasteiger partial charge is 0.494 e. The molecule has 0 heterocycles. The van der Waals surface area contributed by atoms with Gasteiger partial charge in [0.05, 0.1) is 24.2 Å². The number of aliphatic hydroxyl groups excluding tert-OH is 1.